The molecule has 0 saturated carbocycles. The first-order valence-corrected chi connectivity index (χ1v) is 29.7. The van der Waals surface area contributed by atoms with Crippen molar-refractivity contribution in [2.45, 2.75) is 0 Å². The maximum Gasteiger partial charge on any atom is -0.00257 e. The Labute approximate surface area is 503 Å². The van der Waals surface area contributed by atoms with Gasteiger partial charge in [-0.2, -0.15) is 0 Å². The van der Waals surface area contributed by atoms with Crippen molar-refractivity contribution >= 4 is 66.4 Å². The highest BCUT2D eigenvalue weighted by Crippen LogP contribution is 2.48. The van der Waals surface area contributed by atoms with Crippen LogP contribution in [0.4, 0.5) is 0 Å². The Morgan fingerprint density at radius 3 is 0.977 bits per heavy atom. The van der Waals surface area contributed by atoms with Crippen LogP contribution < -0.4 is 0 Å². The molecule has 0 atom stereocenters. The summed E-state index contributed by atoms with van der Waals surface area (Å²) in [7, 11) is 0. The smallest absolute Gasteiger partial charge is 0.00257 e. The van der Waals surface area contributed by atoms with E-state index in [-0.39, 0.29) is 0 Å². The van der Waals surface area contributed by atoms with Crippen LogP contribution in [0.5, 0.6) is 0 Å². The first-order chi connectivity index (χ1) is 42.6. The minimum absolute atomic E-state index is 1.12. The van der Waals surface area contributed by atoms with E-state index in [0.29, 0.717) is 0 Å². The molecule has 0 N–H and O–H groups in total. The molecular formula is C86H58. The summed E-state index contributed by atoms with van der Waals surface area (Å²) in [6, 6.07) is 125. The van der Waals surface area contributed by atoms with Crippen molar-refractivity contribution in [2.75, 3.05) is 0 Å². The predicted molar refractivity (Wildman–Crippen MR) is 369 cm³/mol. The van der Waals surface area contributed by atoms with E-state index >= 15 is 0 Å². The normalized spacial score (nSPS) is 11.3. The molecule has 0 unspecified atom stereocenters. The Morgan fingerprint density at radius 1 is 0.186 bits per heavy atom. The molecule has 0 fully saturated rings. The van der Waals surface area contributed by atoms with Crippen LogP contribution in [0.3, 0.4) is 0 Å². The molecule has 0 amide bonds. The number of fused-ring (bicyclic) bond motifs is 4. The Balaban J connectivity index is 1.04. The molecule has 402 valence electrons. The zero-order valence-corrected chi connectivity index (χ0v) is 47.5. The van der Waals surface area contributed by atoms with Crippen molar-refractivity contribution in [3.05, 3.63) is 373 Å². The van der Waals surface area contributed by atoms with Gasteiger partial charge in [0.1, 0.15) is 0 Å². The van der Waals surface area contributed by atoms with Crippen molar-refractivity contribution in [3.8, 4) is 66.8 Å². The van der Waals surface area contributed by atoms with Crippen LogP contribution in [0, 0.1) is 0 Å². The molecule has 0 aliphatic rings. The van der Waals surface area contributed by atoms with Crippen LogP contribution in [0.15, 0.2) is 340 Å². The molecule has 0 nitrogen and oxygen atoms in total. The van der Waals surface area contributed by atoms with E-state index in [9.17, 15) is 0 Å². The monoisotopic (exact) mass is 1090 g/mol. The van der Waals surface area contributed by atoms with Gasteiger partial charge in [-0.3, -0.25) is 0 Å². The Morgan fingerprint density at radius 2 is 0.523 bits per heavy atom. The van der Waals surface area contributed by atoms with E-state index in [4.69, 9.17) is 0 Å². The molecule has 0 bridgehead atoms. The summed E-state index contributed by atoms with van der Waals surface area (Å²) in [4.78, 5) is 0. The van der Waals surface area contributed by atoms with Crippen LogP contribution in [0.1, 0.15) is 33.4 Å². The van der Waals surface area contributed by atoms with Crippen LogP contribution in [-0.2, 0) is 0 Å². The molecule has 0 heteroatoms. The molecule has 15 aromatic carbocycles. The van der Waals surface area contributed by atoms with Crippen molar-refractivity contribution in [2.24, 2.45) is 0 Å². The molecule has 15 rings (SSSR count). The second-order valence-electron chi connectivity index (χ2n) is 22.4. The van der Waals surface area contributed by atoms with Crippen molar-refractivity contribution in [1.82, 2.24) is 0 Å². The largest absolute Gasteiger partial charge is 0.0622 e. The molecular weight excluding hydrogens is 1030 g/mol. The van der Waals surface area contributed by atoms with Gasteiger partial charge in [0.15, 0.2) is 0 Å². The Hall–Kier alpha value is -11.2. The first-order valence-electron chi connectivity index (χ1n) is 29.7. The average Bonchev–Trinajstić information content (AvgIpc) is 1.24. The fourth-order valence-electron chi connectivity index (χ4n) is 12.9. The first kappa shape index (κ1) is 51.7. The summed E-state index contributed by atoms with van der Waals surface area (Å²) in [6.07, 6.45) is 4.79. The second-order valence-corrected chi connectivity index (χ2v) is 22.4. The van der Waals surface area contributed by atoms with Gasteiger partial charge in [-0.1, -0.05) is 285 Å². The third-order valence-corrected chi connectivity index (χ3v) is 17.0. The SMILES string of the molecule is C(=C(c1ccccc1)c1ccccc1)c1cc(-c2ccc3ccccc3c2)cc(-c2c3ccccc3c(-c3cc(C=C(c4ccccc4)c4ccccc4)cc(-c4ccc5ccccc5c4)c3)c3cc(-c4ccccc4-c4ccccc4)ccc23)c1. The van der Waals surface area contributed by atoms with Gasteiger partial charge in [0, 0.05) is 0 Å². The van der Waals surface area contributed by atoms with Crippen LogP contribution in [0.2, 0.25) is 0 Å². The van der Waals surface area contributed by atoms with E-state index in [1.165, 1.54) is 98.7 Å². The molecule has 0 spiro atoms. The molecule has 15 aromatic rings. The molecule has 0 saturated heterocycles. The Kier molecular flexibility index (Phi) is 13.7. The second kappa shape index (κ2) is 22.9. The van der Waals surface area contributed by atoms with Crippen LogP contribution in [0.25, 0.3) is 133 Å². The summed E-state index contributed by atoms with van der Waals surface area (Å²) in [5, 5.41) is 9.60. The maximum atomic E-state index is 2.48. The predicted octanol–water partition coefficient (Wildman–Crippen LogP) is 23.5. The summed E-state index contributed by atoms with van der Waals surface area (Å²) < 4.78 is 0. The lowest BCUT2D eigenvalue weighted by atomic mass is 9.82. The average molecular weight is 1090 g/mol. The van der Waals surface area contributed by atoms with Gasteiger partial charge in [-0.25, -0.2) is 0 Å². The molecule has 0 aliphatic carbocycles. The fraction of sp³-hybridized carbons (Fsp3) is 0. The molecule has 0 aliphatic heterocycles. The number of benzene rings is 15. The summed E-state index contributed by atoms with van der Waals surface area (Å²) in [6.45, 7) is 0. The van der Waals surface area contributed by atoms with Gasteiger partial charge in [0.25, 0.3) is 0 Å². The van der Waals surface area contributed by atoms with Gasteiger partial charge in [-0.15, -0.1) is 0 Å². The minimum atomic E-state index is 1.12. The minimum Gasteiger partial charge on any atom is -0.0622 e. The van der Waals surface area contributed by atoms with Gasteiger partial charge in [-0.05, 0) is 221 Å². The summed E-state index contributed by atoms with van der Waals surface area (Å²) in [5.41, 5.74) is 23.3. The van der Waals surface area contributed by atoms with E-state index in [1.54, 1.807) is 0 Å². The maximum absolute atomic E-state index is 2.48. The molecule has 0 heterocycles. The highest BCUT2D eigenvalue weighted by Gasteiger charge is 2.22. The fourth-order valence-corrected chi connectivity index (χ4v) is 12.9. The molecule has 86 heavy (non-hydrogen) atoms. The topological polar surface area (TPSA) is 0 Å². The van der Waals surface area contributed by atoms with E-state index in [2.05, 4.69) is 352 Å². The van der Waals surface area contributed by atoms with Crippen molar-refractivity contribution in [3.63, 3.8) is 0 Å². The Bertz CT molecular complexity index is 4970. The van der Waals surface area contributed by atoms with Gasteiger partial charge in [0.05, 0.1) is 0 Å². The van der Waals surface area contributed by atoms with E-state index < -0.39 is 0 Å². The summed E-state index contributed by atoms with van der Waals surface area (Å²) in [5.74, 6) is 0. The lowest BCUT2D eigenvalue weighted by molar-refractivity contribution is 1.54. The van der Waals surface area contributed by atoms with Gasteiger partial charge < -0.3 is 0 Å². The van der Waals surface area contributed by atoms with Crippen molar-refractivity contribution < 1.29 is 0 Å². The molecule has 0 radical (unpaired) electrons. The zero-order chi connectivity index (χ0) is 57.2. The number of hydrogen-bond donors (Lipinski definition) is 0. The number of rotatable bonds is 12. The molecule has 0 aromatic heterocycles. The lowest BCUT2D eigenvalue weighted by Gasteiger charge is -2.21. The van der Waals surface area contributed by atoms with Crippen LogP contribution >= 0.6 is 0 Å². The zero-order valence-electron chi connectivity index (χ0n) is 47.5. The third kappa shape index (κ3) is 10.2. The van der Waals surface area contributed by atoms with E-state index in [0.717, 1.165) is 55.6 Å². The van der Waals surface area contributed by atoms with Gasteiger partial charge in [0.2, 0.25) is 0 Å². The summed E-state index contributed by atoms with van der Waals surface area (Å²) >= 11 is 0. The lowest BCUT2D eigenvalue weighted by Crippen LogP contribution is -1.95. The standard InChI is InChI=1S/C86H58/c1-6-26-63(27-7-1)77-38-20-21-39-78(77)72-46-47-81-84(58-72)86(76-51-60(49-74(57-76)71-45-43-62-25-17-19-37-69(62)55-71)53-83(66-32-12-4-13-33-66)67-34-14-5-15-35-67)80-41-23-22-40-79(80)85(81)75-50-59(48-73(56-75)70-44-42-61-24-16-18-36-68(61)54-70)52-82(64-28-8-2-9-29-64)65-30-10-3-11-31-65/h1-58H. The van der Waals surface area contributed by atoms with E-state index in [1.807, 2.05) is 0 Å². The van der Waals surface area contributed by atoms with Crippen LogP contribution in [-0.4, -0.2) is 0 Å². The third-order valence-electron chi connectivity index (χ3n) is 17.0. The van der Waals surface area contributed by atoms with Crippen molar-refractivity contribution in [1.29, 1.82) is 0 Å². The number of hydrogen-bond acceptors (Lipinski definition) is 0. The highest BCUT2D eigenvalue weighted by atomic mass is 14.2. The quantitative estimate of drug-likeness (QED) is 0.0845. The van der Waals surface area contributed by atoms with Gasteiger partial charge >= 0.3 is 0 Å². The highest BCUT2D eigenvalue weighted by molar-refractivity contribution is 6.23.